The van der Waals surface area contributed by atoms with Crippen LogP contribution in [0.2, 0.25) is 0 Å². The first-order valence-corrected chi connectivity index (χ1v) is 21.6. The molecule has 8 aromatic carbocycles. The van der Waals surface area contributed by atoms with Gasteiger partial charge < -0.3 is 9.80 Å². The van der Waals surface area contributed by atoms with Gasteiger partial charge in [-0.2, -0.15) is 0 Å². The molecule has 0 unspecified atom stereocenters. The van der Waals surface area contributed by atoms with Crippen LogP contribution in [0.15, 0.2) is 212 Å². The Morgan fingerprint density at radius 3 is 1.16 bits per heavy atom. The Bertz CT molecular complexity index is 3060. The van der Waals surface area contributed by atoms with E-state index in [1.54, 1.807) is 0 Å². The number of benzene rings is 8. The van der Waals surface area contributed by atoms with Gasteiger partial charge in [0.1, 0.15) is 0 Å². The number of pyridine rings is 1. The Morgan fingerprint density at radius 2 is 0.661 bits per heavy atom. The molecule has 0 spiro atoms. The molecule has 0 atom stereocenters. The van der Waals surface area contributed by atoms with Gasteiger partial charge in [0.2, 0.25) is 0 Å². The Hall–Kier alpha value is -7.49. The summed E-state index contributed by atoms with van der Waals surface area (Å²) in [7, 11) is 0. The summed E-state index contributed by atoms with van der Waals surface area (Å²) >= 11 is 0. The lowest BCUT2D eigenvalue weighted by molar-refractivity contribution is 0.631. The number of aromatic nitrogens is 1. The number of rotatable bonds is 6. The van der Waals surface area contributed by atoms with E-state index >= 15 is 0 Å². The highest BCUT2D eigenvalue weighted by atomic mass is 15.2. The van der Waals surface area contributed by atoms with E-state index in [1.807, 2.05) is 0 Å². The number of fused-ring (bicyclic) bond motifs is 4. The molecule has 0 saturated carbocycles. The van der Waals surface area contributed by atoms with Crippen molar-refractivity contribution >= 4 is 34.1 Å². The molecule has 0 saturated heterocycles. The molecule has 0 bridgehead atoms. The molecule has 3 heteroatoms. The zero-order valence-electron chi connectivity index (χ0n) is 35.5. The van der Waals surface area contributed by atoms with E-state index in [2.05, 4.69) is 250 Å². The molecule has 11 rings (SSSR count). The smallest absolute Gasteiger partial charge is 0.0715 e. The minimum absolute atomic E-state index is 0.190. The molecule has 62 heavy (non-hydrogen) atoms. The van der Waals surface area contributed by atoms with Gasteiger partial charge in [0.05, 0.1) is 34.1 Å². The molecule has 3 nitrogen and oxygen atoms in total. The highest BCUT2D eigenvalue weighted by molar-refractivity contribution is 5.90. The van der Waals surface area contributed by atoms with Crippen LogP contribution in [-0.2, 0) is 10.8 Å². The van der Waals surface area contributed by atoms with Crippen molar-refractivity contribution in [1.29, 1.82) is 0 Å². The first-order valence-electron chi connectivity index (χ1n) is 21.6. The zero-order valence-corrected chi connectivity index (χ0v) is 35.5. The van der Waals surface area contributed by atoms with Crippen molar-refractivity contribution in [1.82, 2.24) is 4.98 Å². The SMILES string of the molecule is CC1(C)c2ccccc2N(c2ccccc2)c2ccc(-c3ccc4c(c3)C(C)(C)c3ccccc3N4c3ccc(-c4cc(-c5ccccc5)cc(-c5ccccc5)n4)cc3)cc21. The Labute approximate surface area is 365 Å². The molecule has 1 aromatic heterocycles. The highest BCUT2D eigenvalue weighted by Crippen LogP contribution is 2.55. The van der Waals surface area contributed by atoms with Gasteiger partial charge in [-0.3, -0.25) is 0 Å². The summed E-state index contributed by atoms with van der Waals surface area (Å²) in [5, 5.41) is 0. The standard InChI is InChI=1S/C59H47N3/c1-58(2)48-24-14-16-26-54(48)61(46-22-12-7-13-23-46)56-34-30-43(36-50(56)58)44-31-35-57-51(37-44)59(3,4)49-25-15-17-27-55(49)62(57)47-32-28-42(29-33-47)53-39-45(40-18-8-5-9-19-40)38-52(60-53)41-20-10-6-11-21-41/h5-39H,1-4H3. The van der Waals surface area contributed by atoms with Crippen LogP contribution in [0, 0.1) is 0 Å². The quantitative estimate of drug-likeness (QED) is 0.167. The van der Waals surface area contributed by atoms with Crippen molar-refractivity contribution in [3.8, 4) is 44.8 Å². The lowest BCUT2D eigenvalue weighted by Gasteiger charge is -2.43. The zero-order chi connectivity index (χ0) is 42.0. The molecule has 3 heterocycles. The van der Waals surface area contributed by atoms with Gasteiger partial charge in [0, 0.05) is 33.3 Å². The summed E-state index contributed by atoms with van der Waals surface area (Å²) in [5.74, 6) is 0. The third-order valence-corrected chi connectivity index (χ3v) is 13.2. The van der Waals surface area contributed by atoms with E-state index in [4.69, 9.17) is 4.98 Å². The molecule has 0 fully saturated rings. The van der Waals surface area contributed by atoms with Crippen molar-refractivity contribution < 1.29 is 0 Å². The number of anilines is 6. The highest BCUT2D eigenvalue weighted by Gasteiger charge is 2.39. The van der Waals surface area contributed by atoms with Crippen molar-refractivity contribution in [2.45, 2.75) is 38.5 Å². The van der Waals surface area contributed by atoms with Gasteiger partial charge in [-0.05, 0) is 117 Å². The second kappa shape index (κ2) is 14.6. The molecule has 2 aliphatic rings. The number of hydrogen-bond acceptors (Lipinski definition) is 3. The second-order valence-electron chi connectivity index (χ2n) is 17.7. The van der Waals surface area contributed by atoms with Gasteiger partial charge in [-0.1, -0.05) is 167 Å². The van der Waals surface area contributed by atoms with E-state index in [1.165, 1.54) is 67.4 Å². The van der Waals surface area contributed by atoms with Crippen molar-refractivity contribution in [2.24, 2.45) is 0 Å². The summed E-state index contributed by atoms with van der Waals surface area (Å²) in [6.07, 6.45) is 0. The predicted octanol–water partition coefficient (Wildman–Crippen LogP) is 16.0. The van der Waals surface area contributed by atoms with Gasteiger partial charge in [0.15, 0.2) is 0 Å². The fraction of sp³-hybridized carbons (Fsp3) is 0.102. The molecule has 9 aromatic rings. The minimum atomic E-state index is -0.232. The van der Waals surface area contributed by atoms with E-state index in [-0.39, 0.29) is 10.8 Å². The molecule has 0 aliphatic carbocycles. The summed E-state index contributed by atoms with van der Waals surface area (Å²) in [6, 6.07) is 77.1. The molecule has 0 N–H and O–H groups in total. The molecular formula is C59H47N3. The summed E-state index contributed by atoms with van der Waals surface area (Å²) in [6.45, 7) is 9.47. The van der Waals surface area contributed by atoms with Crippen molar-refractivity contribution in [3.05, 3.63) is 235 Å². The maximum absolute atomic E-state index is 5.22. The molecule has 298 valence electrons. The number of hydrogen-bond donors (Lipinski definition) is 0. The normalized spacial score (nSPS) is 14.3. The maximum Gasteiger partial charge on any atom is 0.0715 e. The van der Waals surface area contributed by atoms with Crippen LogP contribution in [0.5, 0.6) is 0 Å². The van der Waals surface area contributed by atoms with Crippen LogP contribution in [0.1, 0.15) is 49.9 Å². The topological polar surface area (TPSA) is 19.4 Å². The largest absolute Gasteiger partial charge is 0.310 e. The summed E-state index contributed by atoms with van der Waals surface area (Å²) in [5.41, 5.74) is 20.8. The first-order chi connectivity index (χ1) is 30.3. The lowest BCUT2D eigenvalue weighted by Crippen LogP contribution is -2.31. The molecule has 0 radical (unpaired) electrons. The summed E-state index contributed by atoms with van der Waals surface area (Å²) < 4.78 is 0. The van der Waals surface area contributed by atoms with E-state index in [9.17, 15) is 0 Å². The monoisotopic (exact) mass is 797 g/mol. The van der Waals surface area contributed by atoms with E-state index < -0.39 is 0 Å². The summed E-state index contributed by atoms with van der Waals surface area (Å²) in [4.78, 5) is 10.1. The number of para-hydroxylation sites is 3. The average molecular weight is 798 g/mol. The molecule has 2 aliphatic heterocycles. The van der Waals surface area contributed by atoms with Crippen molar-refractivity contribution in [2.75, 3.05) is 9.80 Å². The Balaban J connectivity index is 1.00. The van der Waals surface area contributed by atoms with Crippen LogP contribution in [-0.4, -0.2) is 4.98 Å². The van der Waals surface area contributed by atoms with Crippen LogP contribution >= 0.6 is 0 Å². The second-order valence-corrected chi connectivity index (χ2v) is 17.7. The van der Waals surface area contributed by atoms with Gasteiger partial charge in [-0.25, -0.2) is 4.98 Å². The Kier molecular flexibility index (Phi) is 8.83. The van der Waals surface area contributed by atoms with E-state index in [0.29, 0.717) is 0 Å². The van der Waals surface area contributed by atoms with Crippen LogP contribution in [0.4, 0.5) is 34.1 Å². The fourth-order valence-electron chi connectivity index (χ4n) is 9.91. The maximum atomic E-state index is 5.22. The molecular weight excluding hydrogens is 751 g/mol. The fourth-order valence-corrected chi connectivity index (χ4v) is 9.91. The van der Waals surface area contributed by atoms with Gasteiger partial charge >= 0.3 is 0 Å². The van der Waals surface area contributed by atoms with Crippen LogP contribution < -0.4 is 9.80 Å². The van der Waals surface area contributed by atoms with Crippen LogP contribution in [0.3, 0.4) is 0 Å². The third kappa shape index (κ3) is 6.15. The number of nitrogens with zero attached hydrogens (tertiary/aromatic N) is 3. The first kappa shape index (κ1) is 37.5. The Morgan fingerprint density at radius 1 is 0.290 bits per heavy atom. The van der Waals surface area contributed by atoms with Gasteiger partial charge in [-0.15, -0.1) is 0 Å². The third-order valence-electron chi connectivity index (χ3n) is 13.2. The molecule has 0 amide bonds. The van der Waals surface area contributed by atoms with Gasteiger partial charge in [0.25, 0.3) is 0 Å². The predicted molar refractivity (Wildman–Crippen MR) is 260 cm³/mol. The van der Waals surface area contributed by atoms with Crippen molar-refractivity contribution in [3.63, 3.8) is 0 Å². The lowest BCUT2D eigenvalue weighted by atomic mass is 9.71. The average Bonchev–Trinajstić information content (AvgIpc) is 3.33. The minimum Gasteiger partial charge on any atom is -0.310 e. The van der Waals surface area contributed by atoms with E-state index in [0.717, 1.165) is 33.8 Å². The van der Waals surface area contributed by atoms with Crippen LogP contribution in [0.25, 0.3) is 44.8 Å².